The Morgan fingerprint density at radius 1 is 0.458 bits per heavy atom. The van der Waals surface area contributed by atoms with Gasteiger partial charge in [0.05, 0.1) is 13.2 Å². The van der Waals surface area contributed by atoms with Crippen LogP contribution in [0.5, 0.6) is 0 Å². The Bertz CT molecular complexity index is 635. The van der Waals surface area contributed by atoms with E-state index in [0.29, 0.717) is 37.9 Å². The molecule has 0 rings (SSSR count). The standard InChI is InChI=1S/C42H83NO5/c1-5-9-13-19-29-39(27-11-7-3)37-47-41(45)31-21-15-17-23-33-43(35-25-26-36-44)34-24-18-16-22-32-42(46)48-38-40(28-12-8-4)30-20-14-10-6-2/h39-40,44H,5-38H2,1-4H3. The molecular weight excluding hydrogens is 598 g/mol. The molecule has 0 aromatic carbocycles. The maximum absolute atomic E-state index is 12.4. The third-order valence-electron chi connectivity index (χ3n) is 9.92. The Kier molecular flexibility index (Phi) is 36.2. The van der Waals surface area contributed by atoms with Crippen molar-refractivity contribution in [2.45, 2.75) is 207 Å². The van der Waals surface area contributed by atoms with E-state index in [4.69, 9.17) is 9.47 Å². The van der Waals surface area contributed by atoms with E-state index >= 15 is 0 Å². The van der Waals surface area contributed by atoms with E-state index < -0.39 is 0 Å². The van der Waals surface area contributed by atoms with Gasteiger partial charge < -0.3 is 19.5 Å². The minimum atomic E-state index is -0.0158. The Balaban J connectivity index is 4.15. The van der Waals surface area contributed by atoms with Crippen molar-refractivity contribution < 1.29 is 24.2 Å². The summed E-state index contributed by atoms with van der Waals surface area (Å²) in [5, 5.41) is 9.25. The zero-order valence-electron chi connectivity index (χ0n) is 32.7. The Labute approximate surface area is 299 Å². The first-order valence-corrected chi connectivity index (χ1v) is 21.1. The Hall–Kier alpha value is -1.14. The summed E-state index contributed by atoms with van der Waals surface area (Å²) in [7, 11) is 0. The van der Waals surface area contributed by atoms with Crippen LogP contribution >= 0.6 is 0 Å². The first kappa shape index (κ1) is 46.9. The molecule has 2 unspecified atom stereocenters. The highest BCUT2D eigenvalue weighted by Crippen LogP contribution is 2.20. The van der Waals surface area contributed by atoms with Crippen LogP contribution in [0.15, 0.2) is 0 Å². The van der Waals surface area contributed by atoms with Gasteiger partial charge in [-0.3, -0.25) is 9.59 Å². The lowest BCUT2D eigenvalue weighted by Crippen LogP contribution is -2.27. The molecule has 0 heterocycles. The lowest BCUT2D eigenvalue weighted by molar-refractivity contribution is -0.146. The van der Waals surface area contributed by atoms with Crippen molar-refractivity contribution in [3.8, 4) is 0 Å². The lowest BCUT2D eigenvalue weighted by Gasteiger charge is -2.22. The summed E-state index contributed by atoms with van der Waals surface area (Å²) in [5.74, 6) is 1.03. The smallest absolute Gasteiger partial charge is 0.305 e. The first-order chi connectivity index (χ1) is 23.5. The SMILES string of the molecule is CCCCCCC(CCCC)COC(=O)CCCCCCN(CCCCO)CCCCCCC(=O)OCC(CCCC)CCCCCC. The molecular formula is C42H83NO5. The van der Waals surface area contributed by atoms with Crippen LogP contribution in [-0.2, 0) is 19.1 Å². The van der Waals surface area contributed by atoms with Gasteiger partial charge in [0, 0.05) is 19.4 Å². The Morgan fingerprint density at radius 3 is 1.21 bits per heavy atom. The molecule has 0 aliphatic carbocycles. The topological polar surface area (TPSA) is 76.1 Å². The summed E-state index contributed by atoms with van der Waals surface area (Å²) < 4.78 is 11.4. The Morgan fingerprint density at radius 2 is 0.812 bits per heavy atom. The van der Waals surface area contributed by atoms with Crippen LogP contribution in [0.1, 0.15) is 207 Å². The van der Waals surface area contributed by atoms with Crippen molar-refractivity contribution in [3.63, 3.8) is 0 Å². The molecule has 0 amide bonds. The van der Waals surface area contributed by atoms with Gasteiger partial charge in [-0.05, 0) is 95.7 Å². The molecule has 1 N–H and O–H groups in total. The molecule has 0 spiro atoms. The van der Waals surface area contributed by atoms with Gasteiger partial charge in [0.25, 0.3) is 0 Å². The highest BCUT2D eigenvalue weighted by atomic mass is 16.5. The predicted octanol–water partition coefficient (Wildman–Crippen LogP) is 11.6. The van der Waals surface area contributed by atoms with Crippen molar-refractivity contribution in [1.82, 2.24) is 4.90 Å². The van der Waals surface area contributed by atoms with Crippen molar-refractivity contribution >= 4 is 11.9 Å². The fraction of sp³-hybridized carbons (Fsp3) is 0.952. The van der Waals surface area contributed by atoms with Crippen molar-refractivity contribution in [3.05, 3.63) is 0 Å². The minimum absolute atomic E-state index is 0.0158. The van der Waals surface area contributed by atoms with Gasteiger partial charge in [0.15, 0.2) is 0 Å². The molecule has 0 saturated carbocycles. The summed E-state index contributed by atoms with van der Waals surface area (Å²) in [6.45, 7) is 13.6. The van der Waals surface area contributed by atoms with Crippen LogP contribution in [0.3, 0.4) is 0 Å². The number of hydrogen-bond donors (Lipinski definition) is 1. The first-order valence-electron chi connectivity index (χ1n) is 21.1. The highest BCUT2D eigenvalue weighted by molar-refractivity contribution is 5.69. The van der Waals surface area contributed by atoms with Gasteiger partial charge in [0.1, 0.15) is 0 Å². The maximum Gasteiger partial charge on any atom is 0.305 e. The van der Waals surface area contributed by atoms with Gasteiger partial charge in [-0.2, -0.15) is 0 Å². The summed E-state index contributed by atoms with van der Waals surface area (Å²) >= 11 is 0. The third-order valence-corrected chi connectivity index (χ3v) is 9.92. The van der Waals surface area contributed by atoms with Gasteiger partial charge in [0.2, 0.25) is 0 Å². The summed E-state index contributed by atoms with van der Waals surface area (Å²) in [6.07, 6.45) is 31.4. The van der Waals surface area contributed by atoms with Gasteiger partial charge in [-0.1, -0.05) is 130 Å². The number of ether oxygens (including phenoxy) is 2. The fourth-order valence-electron chi connectivity index (χ4n) is 6.59. The quantitative estimate of drug-likeness (QED) is 0.0516. The molecule has 0 aromatic rings. The van der Waals surface area contributed by atoms with Gasteiger partial charge in [-0.15, -0.1) is 0 Å². The molecule has 0 aromatic heterocycles. The van der Waals surface area contributed by atoms with Crippen LogP contribution in [-0.4, -0.2) is 61.4 Å². The van der Waals surface area contributed by atoms with E-state index in [9.17, 15) is 14.7 Å². The number of aliphatic hydroxyl groups is 1. The number of unbranched alkanes of at least 4 members (excludes halogenated alkanes) is 15. The van der Waals surface area contributed by atoms with Crippen LogP contribution in [0.2, 0.25) is 0 Å². The number of esters is 2. The van der Waals surface area contributed by atoms with Crippen LogP contribution in [0, 0.1) is 11.8 Å². The molecule has 286 valence electrons. The molecule has 6 nitrogen and oxygen atoms in total. The highest BCUT2D eigenvalue weighted by Gasteiger charge is 2.14. The van der Waals surface area contributed by atoms with E-state index in [1.807, 2.05) is 0 Å². The summed E-state index contributed by atoms with van der Waals surface area (Å²) in [6, 6.07) is 0. The lowest BCUT2D eigenvalue weighted by atomic mass is 9.96. The van der Waals surface area contributed by atoms with E-state index in [1.54, 1.807) is 0 Å². The minimum Gasteiger partial charge on any atom is -0.465 e. The third kappa shape index (κ3) is 32.1. The van der Waals surface area contributed by atoms with E-state index in [1.165, 1.54) is 103 Å². The zero-order chi connectivity index (χ0) is 35.3. The van der Waals surface area contributed by atoms with E-state index in [2.05, 4.69) is 32.6 Å². The van der Waals surface area contributed by atoms with Crippen molar-refractivity contribution in [2.24, 2.45) is 11.8 Å². The number of carbonyl (C=O) groups excluding carboxylic acids is 2. The number of hydrogen-bond acceptors (Lipinski definition) is 6. The summed E-state index contributed by atoms with van der Waals surface area (Å²) in [5.41, 5.74) is 0. The molecule has 0 fully saturated rings. The predicted molar refractivity (Wildman–Crippen MR) is 204 cm³/mol. The van der Waals surface area contributed by atoms with Crippen LogP contribution in [0.4, 0.5) is 0 Å². The maximum atomic E-state index is 12.4. The molecule has 48 heavy (non-hydrogen) atoms. The van der Waals surface area contributed by atoms with Crippen molar-refractivity contribution in [1.29, 1.82) is 0 Å². The number of rotatable bonds is 38. The van der Waals surface area contributed by atoms with Crippen LogP contribution < -0.4 is 0 Å². The monoisotopic (exact) mass is 682 g/mol. The van der Waals surface area contributed by atoms with Crippen molar-refractivity contribution in [2.75, 3.05) is 39.5 Å². The fourth-order valence-corrected chi connectivity index (χ4v) is 6.59. The number of aliphatic hydroxyl groups excluding tert-OH is 1. The molecule has 0 aliphatic rings. The normalized spacial score (nSPS) is 12.8. The largest absolute Gasteiger partial charge is 0.465 e. The second-order valence-electron chi connectivity index (χ2n) is 14.7. The molecule has 6 heteroatoms. The van der Waals surface area contributed by atoms with E-state index in [0.717, 1.165) is 83.8 Å². The molecule has 0 bridgehead atoms. The van der Waals surface area contributed by atoms with Gasteiger partial charge >= 0.3 is 11.9 Å². The zero-order valence-corrected chi connectivity index (χ0v) is 32.7. The number of carbonyl (C=O) groups is 2. The molecule has 2 atom stereocenters. The second kappa shape index (κ2) is 37.1. The number of nitrogens with zero attached hydrogens (tertiary/aromatic N) is 1. The van der Waals surface area contributed by atoms with Gasteiger partial charge in [-0.25, -0.2) is 0 Å². The second-order valence-corrected chi connectivity index (χ2v) is 14.7. The average molecular weight is 682 g/mol. The molecule has 0 saturated heterocycles. The summed E-state index contributed by atoms with van der Waals surface area (Å²) in [4.78, 5) is 27.3. The van der Waals surface area contributed by atoms with Crippen LogP contribution in [0.25, 0.3) is 0 Å². The average Bonchev–Trinajstić information content (AvgIpc) is 3.09. The van der Waals surface area contributed by atoms with E-state index in [-0.39, 0.29) is 18.5 Å². The molecule has 0 aliphatic heterocycles. The molecule has 0 radical (unpaired) electrons.